The Morgan fingerprint density at radius 3 is 2.13 bits per heavy atom. The van der Waals surface area contributed by atoms with E-state index in [9.17, 15) is 23.7 Å². The van der Waals surface area contributed by atoms with E-state index in [1.54, 1.807) is 60.1 Å². The van der Waals surface area contributed by atoms with E-state index in [1.807, 2.05) is 0 Å². The molecule has 54 heavy (non-hydrogen) atoms. The molecule has 0 bridgehead atoms. The third-order valence-electron chi connectivity index (χ3n) is 9.41. The fourth-order valence-electron chi connectivity index (χ4n) is 6.38. The average molecular weight is 805 g/mol. The van der Waals surface area contributed by atoms with Crippen molar-refractivity contribution >= 4 is 54.4 Å². The van der Waals surface area contributed by atoms with Gasteiger partial charge in [0.1, 0.15) is 11.8 Å². The van der Waals surface area contributed by atoms with Crippen molar-refractivity contribution in [3.05, 3.63) is 81.6 Å². The molecule has 4 rings (SSSR count). The van der Waals surface area contributed by atoms with Gasteiger partial charge in [0.05, 0.1) is 22.7 Å². The van der Waals surface area contributed by atoms with Crippen LogP contribution < -0.4 is 14.9 Å². The summed E-state index contributed by atoms with van der Waals surface area (Å²) in [6.45, 7) is 4.27. The molecule has 2 heterocycles. The minimum atomic E-state index is -3.79. The summed E-state index contributed by atoms with van der Waals surface area (Å²) in [6, 6.07) is 12.2. The van der Waals surface area contributed by atoms with Gasteiger partial charge in [-0.05, 0) is 50.5 Å². The zero-order chi connectivity index (χ0) is 39.1. The highest BCUT2D eigenvalue weighted by Gasteiger charge is 2.39. The highest BCUT2D eigenvalue weighted by atomic mass is 35.5. The van der Waals surface area contributed by atoms with E-state index in [0.29, 0.717) is 25.0 Å². The summed E-state index contributed by atoms with van der Waals surface area (Å²) < 4.78 is 27.9. The monoisotopic (exact) mass is 803 g/mol. The number of para-hydroxylation sites is 1. The van der Waals surface area contributed by atoms with E-state index < -0.39 is 31.4 Å². The largest absolute Gasteiger partial charge is 0.468 e. The number of benzene rings is 2. The quantitative estimate of drug-likeness (QED) is 0.0464. The molecule has 1 fully saturated rings. The summed E-state index contributed by atoms with van der Waals surface area (Å²) in [6.07, 6.45) is 12.2. The van der Waals surface area contributed by atoms with Crippen LogP contribution in [-0.2, 0) is 20.5 Å². The lowest BCUT2D eigenvalue weighted by Crippen LogP contribution is -2.47. The number of hydrogen-bond acceptors (Lipinski definition) is 8. The fourth-order valence-corrected chi connectivity index (χ4v) is 9.08. The van der Waals surface area contributed by atoms with E-state index in [4.69, 9.17) is 32.5 Å². The summed E-state index contributed by atoms with van der Waals surface area (Å²) in [5, 5.41) is 10.6. The molecule has 3 aromatic rings. The third-order valence-corrected chi connectivity index (χ3v) is 12.4. The minimum absolute atomic E-state index is 0.0407. The van der Waals surface area contributed by atoms with E-state index in [2.05, 4.69) is 22.4 Å². The van der Waals surface area contributed by atoms with Crippen LogP contribution in [0.1, 0.15) is 122 Å². The molecule has 2 N–H and O–H groups in total. The number of carbonyl (C=O) groups is 4. The smallest absolute Gasteiger partial charge is 0.393 e. The molecule has 1 saturated heterocycles. The number of nitrogens with one attached hydrogen (secondary N) is 2. The van der Waals surface area contributed by atoms with E-state index in [-0.39, 0.29) is 64.7 Å². The molecule has 15 heteroatoms. The summed E-state index contributed by atoms with van der Waals surface area (Å²) in [5.74, 6) is -1.45. The molecule has 2 aromatic carbocycles. The van der Waals surface area contributed by atoms with E-state index in [1.165, 1.54) is 45.4 Å². The first-order chi connectivity index (χ1) is 25.9. The molecule has 1 unspecified atom stereocenters. The van der Waals surface area contributed by atoms with Gasteiger partial charge in [0.2, 0.25) is 5.91 Å². The number of unbranched alkanes of at least 4 members (excludes halogenated alkanes) is 8. The summed E-state index contributed by atoms with van der Waals surface area (Å²) in [5.41, 5.74) is 0.361. The van der Waals surface area contributed by atoms with Crippen molar-refractivity contribution < 1.29 is 33.0 Å². The molecule has 1 aliphatic heterocycles. The Morgan fingerprint density at radius 2 is 1.52 bits per heavy atom. The average Bonchev–Trinajstić information content (AvgIpc) is 3.58. The van der Waals surface area contributed by atoms with Gasteiger partial charge in [-0.25, -0.2) is 19.0 Å². The van der Waals surface area contributed by atoms with Crippen molar-refractivity contribution in [2.45, 2.75) is 109 Å². The second-order valence-electron chi connectivity index (χ2n) is 13.6. The maximum atomic E-state index is 14.3. The Morgan fingerprint density at radius 1 is 0.907 bits per heavy atom. The second kappa shape index (κ2) is 21.5. The predicted octanol–water partition coefficient (Wildman–Crippen LogP) is 8.71. The highest BCUT2D eigenvalue weighted by Crippen LogP contribution is 2.48. The van der Waals surface area contributed by atoms with E-state index >= 15 is 0 Å². The summed E-state index contributed by atoms with van der Waals surface area (Å²) >= 11 is 12.6. The number of halogens is 2. The number of ether oxygens (including phenoxy) is 1. The van der Waals surface area contributed by atoms with Crippen LogP contribution in [0.4, 0.5) is 0 Å². The van der Waals surface area contributed by atoms with Gasteiger partial charge in [0.15, 0.2) is 11.5 Å². The second-order valence-corrected chi connectivity index (χ2v) is 16.5. The maximum Gasteiger partial charge on any atom is 0.393 e. The fraction of sp³-hybridized carbons (Fsp3) is 0.513. The molecule has 1 aromatic heterocycles. The molecule has 2 atom stereocenters. The van der Waals surface area contributed by atoms with Gasteiger partial charge < -0.3 is 14.6 Å². The number of Topliss-reactive ketones (excluding diaryl/α,β-unsaturated/α-hetero) is 1. The molecule has 1 amide bonds. The summed E-state index contributed by atoms with van der Waals surface area (Å²) in [7, 11) is -2.54. The van der Waals surface area contributed by atoms with Gasteiger partial charge in [-0.3, -0.25) is 19.2 Å². The van der Waals surface area contributed by atoms with Crippen LogP contribution in [-0.4, -0.2) is 70.3 Å². The Bertz CT molecular complexity index is 1740. The van der Waals surface area contributed by atoms with Crippen molar-refractivity contribution in [2.75, 3.05) is 20.2 Å². The molecular formula is C39H52Cl2N5O7P. The first-order valence-electron chi connectivity index (χ1n) is 18.8. The highest BCUT2D eigenvalue weighted by molar-refractivity contribution is 7.54. The molecule has 0 saturated carbocycles. The van der Waals surface area contributed by atoms with Crippen LogP contribution in [0.15, 0.2) is 54.7 Å². The van der Waals surface area contributed by atoms with Gasteiger partial charge >= 0.3 is 13.6 Å². The van der Waals surface area contributed by atoms with Crippen LogP contribution in [0.5, 0.6) is 5.75 Å². The standard InChI is InChI=1S/C39H52Cl2N5O7P/c1-4-5-6-7-8-9-10-11-15-21-35(48)46-27-29(26-34(47)36-32(40)19-16-20-33(36)41)37(43-46)38(49)42-30-22-24-45(25-23-30)54(51,44-28(2)39(50)52-3)53-31-17-13-12-14-18-31/h12-14,16-20,27-28,30H,4-11,15,21-26H2,1-3H3,(H,42,49)(H,44,51)/t28-,54?/m0/s1. The summed E-state index contributed by atoms with van der Waals surface area (Å²) in [4.78, 5) is 52.7. The number of esters is 1. The van der Waals surface area contributed by atoms with Crippen LogP contribution in [0.3, 0.4) is 0 Å². The number of aromatic nitrogens is 2. The van der Waals surface area contributed by atoms with E-state index in [0.717, 1.165) is 23.9 Å². The first-order valence-corrected chi connectivity index (χ1v) is 21.1. The zero-order valence-corrected chi connectivity index (χ0v) is 33.8. The predicted molar refractivity (Wildman–Crippen MR) is 211 cm³/mol. The van der Waals surface area contributed by atoms with Crippen LogP contribution in [0.25, 0.3) is 0 Å². The van der Waals surface area contributed by atoms with Gasteiger partial charge in [-0.15, -0.1) is 0 Å². The zero-order valence-electron chi connectivity index (χ0n) is 31.4. The molecular weight excluding hydrogens is 752 g/mol. The van der Waals surface area contributed by atoms with Crippen molar-refractivity contribution in [1.82, 2.24) is 24.9 Å². The Kier molecular flexibility index (Phi) is 17.2. The van der Waals surface area contributed by atoms with Crippen LogP contribution >= 0.6 is 30.9 Å². The number of piperidine rings is 1. The Hall–Kier alpha value is -3.54. The number of carbonyl (C=O) groups excluding carboxylic acids is 4. The normalized spacial score (nSPS) is 15.3. The van der Waals surface area contributed by atoms with Gasteiger partial charge in [0.25, 0.3) is 5.91 Å². The topological polar surface area (TPSA) is 149 Å². The van der Waals surface area contributed by atoms with Gasteiger partial charge in [0, 0.05) is 43.7 Å². The van der Waals surface area contributed by atoms with Crippen molar-refractivity contribution in [1.29, 1.82) is 0 Å². The van der Waals surface area contributed by atoms with Crippen molar-refractivity contribution in [3.8, 4) is 5.75 Å². The first kappa shape index (κ1) is 43.2. The molecule has 0 aliphatic carbocycles. The molecule has 12 nitrogen and oxygen atoms in total. The lowest BCUT2D eigenvalue weighted by Gasteiger charge is -2.37. The molecule has 0 radical (unpaired) electrons. The number of amides is 1. The Balaban J connectivity index is 1.44. The van der Waals surface area contributed by atoms with Crippen molar-refractivity contribution in [3.63, 3.8) is 0 Å². The van der Waals surface area contributed by atoms with Crippen molar-refractivity contribution in [2.24, 2.45) is 0 Å². The molecule has 1 aliphatic rings. The SMILES string of the molecule is CCCCCCCCCCCC(=O)n1cc(CC(=O)c2c(Cl)cccc2Cl)c(C(=O)NC2CCN(P(=O)(N[C@@H](C)C(=O)OC)Oc3ccccc3)CC2)n1. The molecule has 294 valence electrons. The van der Waals surface area contributed by atoms with Crippen LogP contribution in [0, 0.1) is 0 Å². The number of ketones is 1. The number of rotatable bonds is 21. The minimum Gasteiger partial charge on any atom is -0.468 e. The van der Waals surface area contributed by atoms with Gasteiger partial charge in [-0.2, -0.15) is 5.10 Å². The Labute approximate surface area is 328 Å². The number of hydrogen-bond donors (Lipinski definition) is 2. The lowest BCUT2D eigenvalue weighted by atomic mass is 10.0. The lowest BCUT2D eigenvalue weighted by molar-refractivity contribution is -0.142. The van der Waals surface area contributed by atoms with Crippen LogP contribution in [0.2, 0.25) is 10.0 Å². The van der Waals surface area contributed by atoms with Gasteiger partial charge in [-0.1, -0.05) is 106 Å². The number of nitrogens with zero attached hydrogens (tertiary/aromatic N) is 3. The molecule has 0 spiro atoms. The number of methoxy groups -OCH3 is 1. The maximum absolute atomic E-state index is 14.3. The third kappa shape index (κ3) is 12.5.